The van der Waals surface area contributed by atoms with Gasteiger partial charge in [-0.3, -0.25) is 9.59 Å². The Morgan fingerprint density at radius 2 is 1.65 bits per heavy atom. The molecule has 1 aliphatic rings. The van der Waals surface area contributed by atoms with Crippen molar-refractivity contribution in [2.24, 2.45) is 0 Å². The van der Waals surface area contributed by atoms with Gasteiger partial charge in [-0.05, 0) is 0 Å². The van der Waals surface area contributed by atoms with Crippen molar-refractivity contribution in [2.45, 2.75) is 24.4 Å². The Balaban J connectivity index is 2.50. The van der Waals surface area contributed by atoms with Crippen molar-refractivity contribution >= 4 is 11.6 Å². The van der Waals surface area contributed by atoms with Gasteiger partial charge < -0.3 is 25.4 Å². The van der Waals surface area contributed by atoms with E-state index in [1.807, 2.05) is 0 Å². The Kier molecular flexibility index (Phi) is 2.79. The van der Waals surface area contributed by atoms with Crippen molar-refractivity contribution in [3.8, 4) is 0 Å². The number of carbonyl (C=O) groups excluding carboxylic acids is 2. The molecule has 4 atom stereocenters. The topological polar surface area (TPSA) is 144 Å². The fraction of sp³-hybridized carbons (Fsp3) is 0.444. The zero-order chi connectivity index (χ0) is 12.7. The van der Waals surface area contributed by atoms with Gasteiger partial charge in [0, 0.05) is 0 Å². The molecule has 0 aromatic carbocycles. The van der Waals surface area contributed by atoms with Crippen LogP contribution in [0.25, 0.3) is 0 Å². The molecule has 2 rings (SSSR count). The molecule has 1 aromatic rings. The Hall–Kier alpha value is -1.61. The number of ketones is 2. The van der Waals surface area contributed by atoms with Crippen LogP contribution in [0.15, 0.2) is 6.20 Å². The molecule has 0 fully saturated rings. The number of nitrogens with zero attached hydrogens (tertiary/aromatic N) is 1. The summed E-state index contributed by atoms with van der Waals surface area (Å²) in [7, 11) is 0. The third kappa shape index (κ3) is 1.76. The van der Waals surface area contributed by atoms with Gasteiger partial charge in [-0.15, -0.1) is 0 Å². The van der Waals surface area contributed by atoms with Crippen molar-refractivity contribution in [3.05, 3.63) is 17.7 Å². The molecule has 2 bridgehead atoms. The number of aromatic amines is 1. The summed E-state index contributed by atoms with van der Waals surface area (Å²) in [5, 5.41) is 37.9. The van der Waals surface area contributed by atoms with Gasteiger partial charge in [-0.2, -0.15) is 0 Å². The SMILES string of the molecule is O=C1C(=O)C(O)C(O)C(O)C(O)c2cnc1[nH]2. The second kappa shape index (κ2) is 4.00. The highest BCUT2D eigenvalue weighted by Crippen LogP contribution is 2.21. The molecule has 0 saturated heterocycles. The number of imidazole rings is 1. The Labute approximate surface area is 94.5 Å². The van der Waals surface area contributed by atoms with Crippen LogP contribution in [0, 0.1) is 0 Å². The van der Waals surface area contributed by atoms with Crippen molar-refractivity contribution in [1.82, 2.24) is 9.97 Å². The van der Waals surface area contributed by atoms with Crippen LogP contribution >= 0.6 is 0 Å². The van der Waals surface area contributed by atoms with E-state index in [9.17, 15) is 30.0 Å². The van der Waals surface area contributed by atoms with E-state index in [2.05, 4.69) is 9.97 Å². The average Bonchev–Trinajstić information content (AvgIpc) is 2.81. The summed E-state index contributed by atoms with van der Waals surface area (Å²) in [6.07, 6.45) is -6.38. The third-order valence-electron chi connectivity index (χ3n) is 2.62. The van der Waals surface area contributed by atoms with Gasteiger partial charge in [0.1, 0.15) is 24.4 Å². The molecule has 8 heteroatoms. The highest BCUT2D eigenvalue weighted by atomic mass is 16.4. The number of H-pyrrole nitrogens is 1. The highest BCUT2D eigenvalue weighted by Gasteiger charge is 2.40. The van der Waals surface area contributed by atoms with E-state index in [-0.39, 0.29) is 11.5 Å². The van der Waals surface area contributed by atoms with Gasteiger partial charge in [-0.1, -0.05) is 0 Å². The molecule has 0 amide bonds. The molecule has 1 aliphatic heterocycles. The molecule has 0 saturated carbocycles. The molecule has 4 unspecified atom stereocenters. The molecule has 0 aliphatic carbocycles. The van der Waals surface area contributed by atoms with E-state index >= 15 is 0 Å². The van der Waals surface area contributed by atoms with Gasteiger partial charge in [0.15, 0.2) is 5.82 Å². The van der Waals surface area contributed by atoms with E-state index in [0.717, 1.165) is 6.20 Å². The molecule has 1 aromatic heterocycles. The molecular weight excluding hydrogens is 232 g/mol. The van der Waals surface area contributed by atoms with Crippen LogP contribution in [0.4, 0.5) is 0 Å². The lowest BCUT2D eigenvalue weighted by Crippen LogP contribution is -2.46. The summed E-state index contributed by atoms with van der Waals surface area (Å²) in [5.41, 5.74) is -0.0261. The van der Waals surface area contributed by atoms with E-state index < -0.39 is 36.0 Å². The van der Waals surface area contributed by atoms with Crippen LogP contribution in [-0.4, -0.2) is 60.3 Å². The lowest BCUT2D eigenvalue weighted by atomic mass is 9.97. The quantitative estimate of drug-likeness (QED) is 0.311. The normalized spacial score (nSPS) is 34.1. The number of aromatic nitrogens is 2. The maximum absolute atomic E-state index is 11.5. The van der Waals surface area contributed by atoms with Gasteiger partial charge in [0.2, 0.25) is 5.78 Å². The first-order valence-corrected chi connectivity index (χ1v) is 4.79. The standard InChI is InChI=1S/C9H10N2O6/c12-3-2-1-10-9(11-2)8(17)7(16)6(15)5(14)4(3)13/h1,3-6,12-15H,(H,10,11). The van der Waals surface area contributed by atoms with Gasteiger partial charge in [0.25, 0.3) is 5.78 Å². The van der Waals surface area contributed by atoms with E-state index in [4.69, 9.17) is 0 Å². The molecule has 8 nitrogen and oxygen atoms in total. The zero-order valence-corrected chi connectivity index (χ0v) is 8.44. The predicted molar refractivity (Wildman–Crippen MR) is 50.9 cm³/mol. The lowest BCUT2D eigenvalue weighted by Gasteiger charge is -2.23. The van der Waals surface area contributed by atoms with Gasteiger partial charge in [0.05, 0.1) is 11.9 Å². The molecule has 0 spiro atoms. The minimum atomic E-state index is -2.10. The van der Waals surface area contributed by atoms with Crippen LogP contribution < -0.4 is 0 Å². The fourth-order valence-corrected chi connectivity index (χ4v) is 1.56. The first-order chi connectivity index (χ1) is 7.93. The minimum Gasteiger partial charge on any atom is -0.387 e. The number of fused-ring (bicyclic) bond motifs is 2. The van der Waals surface area contributed by atoms with Crippen LogP contribution in [0.1, 0.15) is 22.4 Å². The Morgan fingerprint density at radius 1 is 1.06 bits per heavy atom. The van der Waals surface area contributed by atoms with E-state index in [0.29, 0.717) is 0 Å². The third-order valence-corrected chi connectivity index (χ3v) is 2.62. The summed E-state index contributed by atoms with van der Waals surface area (Å²) < 4.78 is 0. The number of hydrogen-bond acceptors (Lipinski definition) is 7. The van der Waals surface area contributed by atoms with Crippen LogP contribution in [0.5, 0.6) is 0 Å². The number of rotatable bonds is 0. The maximum atomic E-state index is 11.5. The number of aliphatic hydroxyl groups is 4. The van der Waals surface area contributed by atoms with E-state index in [1.165, 1.54) is 0 Å². The van der Waals surface area contributed by atoms with Crippen molar-refractivity contribution in [2.75, 3.05) is 0 Å². The van der Waals surface area contributed by atoms with Crippen molar-refractivity contribution < 1.29 is 30.0 Å². The van der Waals surface area contributed by atoms with E-state index in [1.54, 1.807) is 0 Å². The van der Waals surface area contributed by atoms with Crippen LogP contribution in [-0.2, 0) is 4.79 Å². The molecule has 92 valence electrons. The number of Topliss-reactive ketones (excluding diaryl/α,β-unsaturated/α-hetero) is 2. The van der Waals surface area contributed by atoms with Crippen LogP contribution in [0.3, 0.4) is 0 Å². The summed E-state index contributed by atoms with van der Waals surface area (Å²) in [6.45, 7) is 0. The van der Waals surface area contributed by atoms with Crippen LogP contribution in [0.2, 0.25) is 0 Å². The summed E-state index contributed by atoms with van der Waals surface area (Å²) in [4.78, 5) is 28.8. The molecule has 5 N–H and O–H groups in total. The van der Waals surface area contributed by atoms with Crippen molar-refractivity contribution in [1.29, 1.82) is 0 Å². The second-order valence-electron chi connectivity index (χ2n) is 3.75. The molecular formula is C9H10N2O6. The van der Waals surface area contributed by atoms with Gasteiger partial charge >= 0.3 is 0 Å². The maximum Gasteiger partial charge on any atom is 0.266 e. The highest BCUT2D eigenvalue weighted by molar-refractivity contribution is 6.44. The van der Waals surface area contributed by atoms with Gasteiger partial charge in [-0.25, -0.2) is 4.98 Å². The minimum absolute atomic E-state index is 0.0261. The number of carbonyl (C=O) groups is 2. The average molecular weight is 242 g/mol. The van der Waals surface area contributed by atoms with Crippen molar-refractivity contribution in [3.63, 3.8) is 0 Å². The number of nitrogens with one attached hydrogen (secondary N) is 1. The predicted octanol–water partition coefficient (Wildman–Crippen LogP) is -2.71. The molecule has 0 radical (unpaired) electrons. The second-order valence-corrected chi connectivity index (χ2v) is 3.75. The number of aliphatic hydroxyl groups excluding tert-OH is 4. The largest absolute Gasteiger partial charge is 0.387 e. The zero-order valence-electron chi connectivity index (χ0n) is 8.44. The fourth-order valence-electron chi connectivity index (χ4n) is 1.56. The Morgan fingerprint density at radius 3 is 2.29 bits per heavy atom. The smallest absolute Gasteiger partial charge is 0.266 e. The lowest BCUT2D eigenvalue weighted by molar-refractivity contribution is -0.140. The summed E-state index contributed by atoms with van der Waals surface area (Å²) >= 11 is 0. The first kappa shape index (κ1) is 11.9. The summed E-state index contributed by atoms with van der Waals surface area (Å²) in [5.74, 6) is -2.78. The Bertz CT molecular complexity index is 470. The molecule has 17 heavy (non-hydrogen) atoms. The monoisotopic (exact) mass is 242 g/mol. The number of hydrogen-bond donors (Lipinski definition) is 5. The molecule has 2 heterocycles. The summed E-state index contributed by atoms with van der Waals surface area (Å²) in [6, 6.07) is 0. The first-order valence-electron chi connectivity index (χ1n) is 4.79.